The van der Waals surface area contributed by atoms with Crippen LogP contribution < -0.4 is 5.32 Å². The number of nitrogens with zero attached hydrogens (tertiary/aromatic N) is 1. The number of hydrogen-bond donors (Lipinski definition) is 1. The normalized spacial score (nSPS) is 19.5. The number of benzene rings is 1. The van der Waals surface area contributed by atoms with Gasteiger partial charge in [-0.3, -0.25) is 4.79 Å². The van der Waals surface area contributed by atoms with Crippen LogP contribution in [0.2, 0.25) is 0 Å². The highest BCUT2D eigenvalue weighted by Gasteiger charge is 2.41. The second-order valence-electron chi connectivity index (χ2n) is 5.49. The fraction of sp³-hybridized carbons (Fsp3) is 0.500. The van der Waals surface area contributed by atoms with E-state index in [4.69, 9.17) is 0 Å². The molecule has 1 aliphatic rings. The molecular weight excluding hydrogens is 365 g/mol. The number of nitrogens with one attached hydrogen (secondary N) is 1. The third kappa shape index (κ3) is 4.22. The van der Waals surface area contributed by atoms with Gasteiger partial charge in [-0.1, -0.05) is 6.07 Å². The summed E-state index contributed by atoms with van der Waals surface area (Å²) in [7, 11) is -3.96. The van der Waals surface area contributed by atoms with E-state index < -0.39 is 34.7 Å². The van der Waals surface area contributed by atoms with Gasteiger partial charge in [0.25, 0.3) is 0 Å². The molecule has 1 aromatic carbocycles. The zero-order valence-electron chi connectivity index (χ0n) is 13.1. The van der Waals surface area contributed by atoms with E-state index in [1.165, 1.54) is 23.9 Å². The van der Waals surface area contributed by atoms with Crippen molar-refractivity contribution in [3.63, 3.8) is 0 Å². The predicted octanol–water partition coefficient (Wildman–Crippen LogP) is 2.05. The van der Waals surface area contributed by atoms with Crippen LogP contribution in [0.3, 0.4) is 0 Å². The molecular formula is C14H17F3N2O3S2. The number of rotatable bonds is 4. The monoisotopic (exact) mass is 382 g/mol. The molecule has 1 atom stereocenters. The Morgan fingerprint density at radius 1 is 1.33 bits per heavy atom. The molecule has 0 spiro atoms. The first-order valence-electron chi connectivity index (χ1n) is 7.03. The van der Waals surface area contributed by atoms with E-state index >= 15 is 0 Å². The van der Waals surface area contributed by atoms with Gasteiger partial charge in [0.2, 0.25) is 15.9 Å². The third-order valence-electron chi connectivity index (χ3n) is 3.69. The van der Waals surface area contributed by atoms with Crippen molar-refractivity contribution in [2.24, 2.45) is 0 Å². The lowest BCUT2D eigenvalue weighted by molar-refractivity contribution is -0.140. The van der Waals surface area contributed by atoms with Crippen LogP contribution in [-0.4, -0.2) is 49.0 Å². The fourth-order valence-corrected chi connectivity index (χ4v) is 5.42. The summed E-state index contributed by atoms with van der Waals surface area (Å²) in [4.78, 5) is 12.0. The molecule has 0 saturated carbocycles. The minimum atomic E-state index is -4.54. The van der Waals surface area contributed by atoms with E-state index in [9.17, 15) is 26.4 Å². The Labute approximate surface area is 142 Å². The number of sulfonamides is 1. The highest BCUT2D eigenvalue weighted by molar-refractivity contribution is 8.00. The highest BCUT2D eigenvalue weighted by Crippen LogP contribution is 2.29. The maximum Gasteiger partial charge on any atom is 0.405 e. The van der Waals surface area contributed by atoms with Crippen molar-refractivity contribution in [1.29, 1.82) is 0 Å². The van der Waals surface area contributed by atoms with Crippen LogP contribution in [0.1, 0.15) is 11.1 Å². The van der Waals surface area contributed by atoms with E-state index in [1.807, 2.05) is 6.92 Å². The number of aryl methyl sites for hydroxylation is 2. The van der Waals surface area contributed by atoms with Crippen LogP contribution in [-0.2, 0) is 14.8 Å². The Hall–Kier alpha value is -1.26. The maximum absolute atomic E-state index is 12.7. The molecule has 0 unspecified atom stereocenters. The van der Waals surface area contributed by atoms with Crippen LogP contribution in [0.4, 0.5) is 13.2 Å². The summed E-state index contributed by atoms with van der Waals surface area (Å²) in [6, 6.07) is 3.44. The summed E-state index contributed by atoms with van der Waals surface area (Å²) >= 11 is 1.19. The summed E-state index contributed by atoms with van der Waals surface area (Å²) in [5.41, 5.74) is 1.70. The standard InChI is InChI=1S/C14H17F3N2O3S2/c1-9-3-4-11(5-10(9)2)24(21,22)19-8-23-6-12(19)13(20)18-7-14(15,16)17/h3-5,12H,6-8H2,1-2H3,(H,18,20)/t12-/m0/s1. The number of thioether (sulfide) groups is 1. The Bertz CT molecular complexity index is 735. The predicted molar refractivity (Wildman–Crippen MR) is 85.1 cm³/mol. The van der Waals surface area contributed by atoms with Crippen molar-refractivity contribution in [1.82, 2.24) is 9.62 Å². The molecule has 1 aromatic rings. The SMILES string of the molecule is Cc1ccc(S(=O)(=O)N2CSC[C@H]2C(=O)NCC(F)(F)F)cc1C. The first-order valence-corrected chi connectivity index (χ1v) is 9.63. The molecule has 1 fully saturated rings. The van der Waals surface area contributed by atoms with Gasteiger partial charge in [0.1, 0.15) is 12.6 Å². The second-order valence-corrected chi connectivity index (χ2v) is 8.38. The second kappa shape index (κ2) is 6.93. The number of carbonyl (C=O) groups excluding carboxylic acids is 1. The third-order valence-corrected chi connectivity index (χ3v) is 6.72. The number of amides is 1. The quantitative estimate of drug-likeness (QED) is 0.866. The van der Waals surface area contributed by atoms with E-state index in [-0.39, 0.29) is 16.5 Å². The van der Waals surface area contributed by atoms with Gasteiger partial charge in [0.05, 0.1) is 10.8 Å². The molecule has 134 valence electrons. The zero-order chi connectivity index (χ0) is 18.1. The fourth-order valence-electron chi connectivity index (χ4n) is 2.19. The van der Waals surface area contributed by atoms with Gasteiger partial charge in [-0.05, 0) is 37.1 Å². The van der Waals surface area contributed by atoms with E-state index in [0.29, 0.717) is 0 Å². The van der Waals surface area contributed by atoms with Crippen molar-refractivity contribution in [2.75, 3.05) is 18.2 Å². The maximum atomic E-state index is 12.7. The molecule has 0 radical (unpaired) electrons. The minimum Gasteiger partial charge on any atom is -0.346 e. The van der Waals surface area contributed by atoms with Gasteiger partial charge in [-0.25, -0.2) is 8.42 Å². The molecule has 1 heterocycles. The number of alkyl halides is 3. The van der Waals surface area contributed by atoms with Crippen LogP contribution in [0.25, 0.3) is 0 Å². The Morgan fingerprint density at radius 3 is 2.58 bits per heavy atom. The van der Waals surface area contributed by atoms with Crippen LogP contribution in [0, 0.1) is 13.8 Å². The van der Waals surface area contributed by atoms with E-state index in [1.54, 1.807) is 18.3 Å². The number of carbonyl (C=O) groups is 1. The van der Waals surface area contributed by atoms with E-state index in [2.05, 4.69) is 0 Å². The van der Waals surface area contributed by atoms with Crippen LogP contribution in [0.5, 0.6) is 0 Å². The molecule has 24 heavy (non-hydrogen) atoms. The molecule has 0 aliphatic carbocycles. The molecule has 10 heteroatoms. The van der Waals surface area contributed by atoms with Crippen molar-refractivity contribution < 1.29 is 26.4 Å². The van der Waals surface area contributed by atoms with Crippen molar-refractivity contribution in [3.8, 4) is 0 Å². The van der Waals surface area contributed by atoms with Crippen molar-refractivity contribution >= 4 is 27.7 Å². The first-order chi connectivity index (χ1) is 11.0. The Kier molecular flexibility index (Phi) is 5.50. The Morgan fingerprint density at radius 2 is 2.00 bits per heavy atom. The lowest BCUT2D eigenvalue weighted by atomic mass is 10.1. The van der Waals surface area contributed by atoms with Gasteiger partial charge in [0, 0.05) is 5.75 Å². The van der Waals surface area contributed by atoms with Crippen molar-refractivity contribution in [3.05, 3.63) is 29.3 Å². The molecule has 1 N–H and O–H groups in total. The summed E-state index contributed by atoms with van der Waals surface area (Å²) in [5.74, 6) is -0.794. The molecule has 0 bridgehead atoms. The van der Waals surface area contributed by atoms with Gasteiger partial charge in [0.15, 0.2) is 0 Å². The van der Waals surface area contributed by atoms with Gasteiger partial charge < -0.3 is 5.32 Å². The van der Waals surface area contributed by atoms with Crippen molar-refractivity contribution in [2.45, 2.75) is 31.0 Å². The van der Waals surface area contributed by atoms with Crippen LogP contribution >= 0.6 is 11.8 Å². The molecule has 1 saturated heterocycles. The molecule has 2 rings (SSSR count). The molecule has 0 aromatic heterocycles. The molecule has 5 nitrogen and oxygen atoms in total. The summed E-state index contributed by atoms with van der Waals surface area (Å²) in [6.45, 7) is 2.12. The lowest BCUT2D eigenvalue weighted by Gasteiger charge is -2.23. The first kappa shape index (κ1) is 19.1. The smallest absolute Gasteiger partial charge is 0.346 e. The lowest BCUT2D eigenvalue weighted by Crippen LogP contribution is -2.49. The summed E-state index contributed by atoms with van der Waals surface area (Å²) < 4.78 is 63.1. The average Bonchev–Trinajstić information content (AvgIpc) is 2.97. The summed E-state index contributed by atoms with van der Waals surface area (Å²) in [5, 5.41) is 1.76. The Balaban J connectivity index is 2.22. The zero-order valence-corrected chi connectivity index (χ0v) is 14.7. The molecule has 1 aliphatic heterocycles. The number of halogens is 3. The largest absolute Gasteiger partial charge is 0.405 e. The van der Waals surface area contributed by atoms with Gasteiger partial charge in [-0.15, -0.1) is 11.8 Å². The van der Waals surface area contributed by atoms with Gasteiger partial charge in [-0.2, -0.15) is 17.5 Å². The van der Waals surface area contributed by atoms with E-state index in [0.717, 1.165) is 15.4 Å². The number of hydrogen-bond acceptors (Lipinski definition) is 4. The van der Waals surface area contributed by atoms with Crippen LogP contribution in [0.15, 0.2) is 23.1 Å². The van der Waals surface area contributed by atoms with Gasteiger partial charge >= 0.3 is 6.18 Å². The summed E-state index contributed by atoms with van der Waals surface area (Å²) in [6.07, 6.45) is -4.54. The average molecular weight is 382 g/mol. The minimum absolute atomic E-state index is 0.0271. The molecule has 1 amide bonds. The topological polar surface area (TPSA) is 66.5 Å². The highest BCUT2D eigenvalue weighted by atomic mass is 32.2.